The molecule has 1 aromatic carbocycles. The van der Waals surface area contributed by atoms with Crippen molar-refractivity contribution in [3.8, 4) is 5.75 Å². The van der Waals surface area contributed by atoms with Crippen LogP contribution in [0.15, 0.2) is 24.3 Å². The molecule has 0 aliphatic carbocycles. The maximum Gasteiger partial charge on any atom is 0.573 e. The Bertz CT molecular complexity index is 625. The van der Waals surface area contributed by atoms with Crippen molar-refractivity contribution in [1.29, 1.82) is 0 Å². The Labute approximate surface area is 116 Å². The largest absolute Gasteiger partial charge is 0.573 e. The van der Waals surface area contributed by atoms with E-state index in [0.717, 1.165) is 17.6 Å². The fraction of sp³-hybridized carbons (Fsp3) is 0.250. The molecule has 0 bridgehead atoms. The molecule has 0 radical (unpaired) electrons. The van der Waals surface area contributed by atoms with Gasteiger partial charge in [-0.1, -0.05) is 23.5 Å². The highest BCUT2D eigenvalue weighted by Crippen LogP contribution is 2.29. The molecule has 0 aliphatic heterocycles. The fourth-order valence-corrected chi connectivity index (χ4v) is 2.31. The zero-order valence-corrected chi connectivity index (χ0v) is 11.1. The van der Waals surface area contributed by atoms with Gasteiger partial charge in [0, 0.05) is 0 Å². The van der Waals surface area contributed by atoms with Crippen molar-refractivity contribution in [2.75, 3.05) is 0 Å². The molecule has 2 rings (SSSR count). The first kappa shape index (κ1) is 14.4. The highest BCUT2D eigenvalue weighted by atomic mass is 32.1. The number of ether oxygens (including phenoxy) is 1. The molecule has 0 N–H and O–H groups in total. The fourth-order valence-electron chi connectivity index (χ4n) is 1.60. The lowest BCUT2D eigenvalue weighted by Crippen LogP contribution is -2.19. The molecule has 0 amide bonds. The van der Waals surface area contributed by atoms with Gasteiger partial charge in [0.2, 0.25) is 5.78 Å². The zero-order valence-electron chi connectivity index (χ0n) is 10.3. The molecule has 106 valence electrons. The van der Waals surface area contributed by atoms with Crippen LogP contribution in [0.1, 0.15) is 27.9 Å². The minimum Gasteiger partial charge on any atom is -0.405 e. The standard InChI is InChI=1S/C12H9F3N2O2S/c1-2-8-11(20-17-16-8)10(18)7-5-3-4-6-9(7)19-12(13,14)15/h3-6H,2H2,1H3. The predicted octanol–water partition coefficient (Wildman–Crippen LogP) is 3.23. The molecule has 0 saturated heterocycles. The van der Waals surface area contributed by atoms with Crippen molar-refractivity contribution in [1.82, 2.24) is 9.59 Å². The van der Waals surface area contributed by atoms with E-state index in [1.807, 2.05) is 0 Å². The highest BCUT2D eigenvalue weighted by molar-refractivity contribution is 7.08. The lowest BCUT2D eigenvalue weighted by molar-refractivity contribution is -0.274. The summed E-state index contributed by atoms with van der Waals surface area (Å²) < 4.78 is 44.5. The Hall–Kier alpha value is -1.96. The number of hydrogen-bond donors (Lipinski definition) is 0. The number of aromatic nitrogens is 2. The SMILES string of the molecule is CCc1nnsc1C(=O)c1ccccc1OC(F)(F)F. The van der Waals surface area contributed by atoms with Crippen molar-refractivity contribution in [3.63, 3.8) is 0 Å². The Morgan fingerprint density at radius 1 is 1.35 bits per heavy atom. The van der Waals surface area contributed by atoms with Crippen molar-refractivity contribution in [3.05, 3.63) is 40.4 Å². The number of rotatable bonds is 4. The summed E-state index contributed by atoms with van der Waals surface area (Å²) in [5, 5.41) is 3.77. The first-order chi connectivity index (χ1) is 9.42. The number of carbonyl (C=O) groups excluding carboxylic acids is 1. The molecular formula is C12H9F3N2O2S. The number of benzene rings is 1. The molecule has 0 aliphatic rings. The summed E-state index contributed by atoms with van der Waals surface area (Å²) in [5.41, 5.74) is 0.299. The molecule has 20 heavy (non-hydrogen) atoms. The van der Waals surface area contributed by atoms with Gasteiger partial charge < -0.3 is 4.74 Å². The van der Waals surface area contributed by atoms with Gasteiger partial charge >= 0.3 is 6.36 Å². The molecule has 8 heteroatoms. The molecular weight excluding hydrogens is 293 g/mol. The second-order valence-corrected chi connectivity index (χ2v) is 4.53. The van der Waals surface area contributed by atoms with Gasteiger partial charge in [0.05, 0.1) is 11.3 Å². The average Bonchev–Trinajstić information content (AvgIpc) is 2.85. The summed E-state index contributed by atoms with van der Waals surface area (Å²) in [7, 11) is 0. The van der Waals surface area contributed by atoms with Crippen molar-refractivity contribution >= 4 is 17.3 Å². The summed E-state index contributed by atoms with van der Waals surface area (Å²) in [6, 6.07) is 5.21. The molecule has 2 aromatic rings. The third-order valence-corrected chi connectivity index (χ3v) is 3.22. The van der Waals surface area contributed by atoms with Crippen LogP contribution in [-0.4, -0.2) is 21.7 Å². The molecule has 0 fully saturated rings. The van der Waals surface area contributed by atoms with Crippen molar-refractivity contribution in [2.24, 2.45) is 0 Å². The third-order valence-electron chi connectivity index (χ3n) is 2.45. The van der Waals surface area contributed by atoms with Crippen LogP contribution in [0.4, 0.5) is 13.2 Å². The van der Waals surface area contributed by atoms with Gasteiger partial charge in [0.25, 0.3) is 0 Å². The van der Waals surface area contributed by atoms with Crippen LogP contribution < -0.4 is 4.74 Å². The first-order valence-corrected chi connectivity index (χ1v) is 6.40. The summed E-state index contributed by atoms with van der Waals surface area (Å²) in [5.74, 6) is -1.10. The normalized spacial score (nSPS) is 11.4. The van der Waals surface area contributed by atoms with Gasteiger partial charge in [0.15, 0.2) is 0 Å². The van der Waals surface area contributed by atoms with Gasteiger partial charge in [-0.25, -0.2) is 0 Å². The predicted molar refractivity (Wildman–Crippen MR) is 65.8 cm³/mol. The second-order valence-electron chi connectivity index (χ2n) is 3.78. The number of hydrogen-bond acceptors (Lipinski definition) is 5. The number of alkyl halides is 3. The maximum atomic E-state index is 12.3. The third kappa shape index (κ3) is 3.13. The van der Waals surface area contributed by atoms with Gasteiger partial charge in [-0.2, -0.15) is 0 Å². The molecule has 0 spiro atoms. The van der Waals surface area contributed by atoms with E-state index in [1.165, 1.54) is 18.2 Å². The van der Waals surface area contributed by atoms with Crippen LogP contribution in [0.25, 0.3) is 0 Å². The lowest BCUT2D eigenvalue weighted by atomic mass is 10.1. The van der Waals surface area contributed by atoms with Crippen LogP contribution in [0.3, 0.4) is 0 Å². The van der Waals surface area contributed by atoms with E-state index >= 15 is 0 Å². The number of ketones is 1. The van der Waals surface area contributed by atoms with Crippen LogP contribution in [0, 0.1) is 0 Å². The molecule has 0 saturated carbocycles. The summed E-state index contributed by atoms with van der Waals surface area (Å²) in [6.45, 7) is 1.78. The van der Waals surface area contributed by atoms with E-state index in [9.17, 15) is 18.0 Å². The monoisotopic (exact) mass is 302 g/mol. The van der Waals surface area contributed by atoms with Crippen LogP contribution in [-0.2, 0) is 6.42 Å². The van der Waals surface area contributed by atoms with Gasteiger partial charge in [-0.3, -0.25) is 4.79 Å². The molecule has 0 atom stereocenters. The van der Waals surface area contributed by atoms with E-state index in [-0.39, 0.29) is 10.4 Å². The van der Waals surface area contributed by atoms with Crippen LogP contribution in [0.2, 0.25) is 0 Å². The number of halogens is 3. The molecule has 1 heterocycles. The van der Waals surface area contributed by atoms with E-state index in [1.54, 1.807) is 6.92 Å². The summed E-state index contributed by atoms with van der Waals surface area (Å²) >= 11 is 0.856. The van der Waals surface area contributed by atoms with Gasteiger partial charge in [-0.15, -0.1) is 18.3 Å². The van der Waals surface area contributed by atoms with Crippen molar-refractivity contribution < 1.29 is 22.7 Å². The molecule has 4 nitrogen and oxygen atoms in total. The summed E-state index contributed by atoms with van der Waals surface area (Å²) in [6.07, 6.45) is -4.38. The minimum absolute atomic E-state index is 0.162. The first-order valence-electron chi connectivity index (χ1n) is 5.63. The van der Waals surface area contributed by atoms with Gasteiger partial charge in [0.1, 0.15) is 10.6 Å². The lowest BCUT2D eigenvalue weighted by Gasteiger charge is -2.12. The number of aryl methyl sites for hydroxylation is 1. The van der Waals surface area contributed by atoms with Crippen molar-refractivity contribution in [2.45, 2.75) is 19.7 Å². The van der Waals surface area contributed by atoms with E-state index in [2.05, 4.69) is 14.3 Å². The minimum atomic E-state index is -4.85. The van der Waals surface area contributed by atoms with E-state index < -0.39 is 17.9 Å². The summed E-state index contributed by atoms with van der Waals surface area (Å²) in [4.78, 5) is 12.5. The second kappa shape index (κ2) is 5.58. The Morgan fingerprint density at radius 2 is 2.05 bits per heavy atom. The topological polar surface area (TPSA) is 52.1 Å². The number of nitrogens with zero attached hydrogens (tertiary/aromatic N) is 2. The maximum absolute atomic E-state index is 12.3. The average molecular weight is 302 g/mol. The zero-order chi connectivity index (χ0) is 14.8. The quantitative estimate of drug-likeness (QED) is 0.814. The van der Waals surface area contributed by atoms with E-state index in [0.29, 0.717) is 12.1 Å². The number of para-hydroxylation sites is 1. The smallest absolute Gasteiger partial charge is 0.405 e. The number of carbonyl (C=O) groups is 1. The molecule has 1 aromatic heterocycles. The van der Waals surface area contributed by atoms with Gasteiger partial charge in [-0.05, 0) is 30.1 Å². The Balaban J connectivity index is 2.40. The Morgan fingerprint density at radius 3 is 2.70 bits per heavy atom. The van der Waals surface area contributed by atoms with E-state index in [4.69, 9.17) is 0 Å². The Kier molecular flexibility index (Phi) is 4.03. The molecule has 0 unspecified atom stereocenters. The highest BCUT2D eigenvalue weighted by Gasteiger charge is 2.33. The van der Waals surface area contributed by atoms with Crippen LogP contribution >= 0.6 is 11.5 Å². The van der Waals surface area contributed by atoms with Crippen LogP contribution in [0.5, 0.6) is 5.75 Å².